The number of nitrogens with one attached hydrogen (secondary N) is 5. The van der Waals surface area contributed by atoms with Gasteiger partial charge in [-0.2, -0.15) is 29.2 Å². The van der Waals surface area contributed by atoms with Crippen molar-refractivity contribution in [3.8, 4) is 0 Å². The number of carbonyl (C=O) groups is 4. The normalized spacial score (nSPS) is 16.9. The fourth-order valence-electron chi connectivity index (χ4n) is 7.42. The van der Waals surface area contributed by atoms with E-state index in [2.05, 4.69) is 56.7 Å². The summed E-state index contributed by atoms with van der Waals surface area (Å²) in [4.78, 5) is 67.3. The molecule has 4 aromatic heterocycles. The molecule has 2 aromatic carbocycles. The lowest BCUT2D eigenvalue weighted by Gasteiger charge is -2.13. The van der Waals surface area contributed by atoms with Crippen LogP contribution in [-0.2, 0) is 23.1 Å². The highest BCUT2D eigenvalue weighted by atomic mass is 35.5. The Morgan fingerprint density at radius 3 is 1.63 bits per heavy atom. The van der Waals surface area contributed by atoms with E-state index >= 15 is 0 Å². The number of halogens is 3. The molecule has 3 atom stereocenters. The Kier molecular flexibility index (Phi) is 15.4. The number of sulfonamides is 1. The quantitative estimate of drug-likeness (QED) is 0.0968. The Labute approximate surface area is 377 Å². The second-order valence-electron chi connectivity index (χ2n) is 15.7. The van der Waals surface area contributed by atoms with Crippen molar-refractivity contribution in [2.45, 2.75) is 57.9 Å². The first-order valence-corrected chi connectivity index (χ1v) is 22.0. The van der Waals surface area contributed by atoms with E-state index in [1.165, 1.54) is 46.0 Å². The minimum absolute atomic E-state index is 0. The third kappa shape index (κ3) is 12.0. The predicted octanol–water partition coefficient (Wildman–Crippen LogP) is 1.95. The number of amides is 4. The molecule has 24 heteroatoms. The number of nitrogens with zero attached hydrogens (tertiary/aromatic N) is 8. The van der Waals surface area contributed by atoms with Crippen LogP contribution in [0.2, 0.25) is 0 Å². The Hall–Kier alpha value is -6.56. The van der Waals surface area contributed by atoms with Gasteiger partial charge in [-0.15, -0.1) is 12.4 Å². The SMILES string of the molecule is Cc1cc(CNC(=O)c2cc(C(=O)NCC3CCC(S(N)(=O)=O)C3)n3ncnc3n2)ccc1F.Cc1cc(CNC(=O)c2cc(C(=O)NC[C@H]3CCNC3)n3ncnc3n2)ccc1F.Cl. The van der Waals surface area contributed by atoms with Crippen LogP contribution >= 0.6 is 12.4 Å². The minimum atomic E-state index is -3.60. The number of benzene rings is 2. The number of carbonyl (C=O) groups excluding carboxylic acids is 4. The van der Waals surface area contributed by atoms with E-state index in [-0.39, 0.29) is 89.8 Å². The molecule has 7 N–H and O–H groups in total. The van der Waals surface area contributed by atoms with Crippen LogP contribution in [0.1, 0.15) is 89.9 Å². The lowest BCUT2D eigenvalue weighted by molar-refractivity contribution is 0.0925. The van der Waals surface area contributed by atoms with Gasteiger partial charge in [0.05, 0.1) is 5.25 Å². The van der Waals surface area contributed by atoms with Crippen LogP contribution < -0.4 is 31.7 Å². The maximum atomic E-state index is 13.5. The Balaban J connectivity index is 0.000000214. The average molecular weight is 937 g/mol. The molecule has 6 aromatic rings. The molecule has 0 radical (unpaired) electrons. The van der Waals surface area contributed by atoms with Crippen LogP contribution in [0.4, 0.5) is 8.78 Å². The molecular weight excluding hydrogens is 890 g/mol. The summed E-state index contributed by atoms with van der Waals surface area (Å²) in [7, 11) is -3.60. The van der Waals surface area contributed by atoms with Gasteiger partial charge in [0.25, 0.3) is 35.2 Å². The van der Waals surface area contributed by atoms with Crippen molar-refractivity contribution in [3.63, 3.8) is 0 Å². The van der Waals surface area contributed by atoms with Crippen molar-refractivity contribution in [2.75, 3.05) is 26.2 Å². The average Bonchev–Trinajstić information content (AvgIpc) is 4.13. The van der Waals surface area contributed by atoms with Crippen molar-refractivity contribution in [2.24, 2.45) is 17.0 Å². The topological polar surface area (TPSA) is 275 Å². The number of aromatic nitrogens is 8. The smallest absolute Gasteiger partial charge is 0.270 e. The molecule has 65 heavy (non-hydrogen) atoms. The van der Waals surface area contributed by atoms with Gasteiger partial charge in [-0.3, -0.25) is 19.2 Å². The van der Waals surface area contributed by atoms with Crippen LogP contribution in [0.5, 0.6) is 0 Å². The van der Waals surface area contributed by atoms with Crippen molar-refractivity contribution in [1.82, 2.24) is 65.7 Å². The zero-order valence-electron chi connectivity index (χ0n) is 35.3. The van der Waals surface area contributed by atoms with Crippen molar-refractivity contribution >= 4 is 57.6 Å². The largest absolute Gasteiger partial charge is 0.350 e. The summed E-state index contributed by atoms with van der Waals surface area (Å²) in [5, 5.41) is 27.0. The van der Waals surface area contributed by atoms with Crippen LogP contribution in [0.15, 0.2) is 61.2 Å². The van der Waals surface area contributed by atoms with Gasteiger partial charge in [0, 0.05) is 38.3 Å². The molecule has 1 saturated carbocycles. The van der Waals surface area contributed by atoms with E-state index in [9.17, 15) is 36.4 Å². The standard InChI is InChI=1S/C21H24FN7O4S.C20H22FN7O2.ClH/c1-12-6-13(3-5-16(12)22)9-24-19(30)17-8-18(29-21(28-17)26-11-27-29)20(31)25-10-14-2-4-15(7-14)34(23,32)33;1-12-6-13(2-3-15(12)21)9-23-18(29)16-7-17(28-20(27-16)25-11-26-28)19(30)24-10-14-4-5-22-8-14;/h3,5-6,8,11,14-15H,2,4,7,9-10H2,1H3,(H,24,30)(H,25,31)(H2,23,32,33);2-3,6-7,11,14,22H,4-5,8-10H2,1H3,(H,23,29)(H,24,30);1H/t;14-;/m.0./s1. The predicted molar refractivity (Wildman–Crippen MR) is 233 cm³/mol. The van der Waals surface area contributed by atoms with E-state index < -0.39 is 33.0 Å². The number of fused-ring (bicyclic) bond motifs is 2. The first-order chi connectivity index (χ1) is 30.6. The number of nitrogens with two attached hydrogens (primary N) is 1. The van der Waals surface area contributed by atoms with Gasteiger partial charge in [-0.25, -0.2) is 32.3 Å². The molecule has 1 saturated heterocycles. The fraction of sp³-hybridized carbons (Fsp3) is 0.366. The molecule has 0 bridgehead atoms. The van der Waals surface area contributed by atoms with Gasteiger partial charge in [0.15, 0.2) is 0 Å². The highest BCUT2D eigenvalue weighted by Crippen LogP contribution is 2.29. The maximum Gasteiger partial charge on any atom is 0.270 e. The van der Waals surface area contributed by atoms with E-state index in [0.29, 0.717) is 48.4 Å². The molecule has 1 aliphatic heterocycles. The summed E-state index contributed by atoms with van der Waals surface area (Å²) in [6.45, 7) is 6.25. The molecule has 4 amide bonds. The molecular formula is C41H47ClF2N14O6S. The number of rotatable bonds is 13. The van der Waals surface area contributed by atoms with E-state index in [1.807, 2.05) is 0 Å². The molecule has 344 valence electrons. The van der Waals surface area contributed by atoms with Gasteiger partial charge in [-0.05, 0) is 98.8 Å². The molecule has 5 heterocycles. The van der Waals surface area contributed by atoms with Gasteiger partial charge < -0.3 is 26.6 Å². The molecule has 2 aliphatic rings. The first kappa shape index (κ1) is 47.9. The molecule has 0 spiro atoms. The third-order valence-corrected chi connectivity index (χ3v) is 12.4. The summed E-state index contributed by atoms with van der Waals surface area (Å²) in [6.07, 6.45) is 4.97. The molecule has 20 nitrogen and oxygen atoms in total. The summed E-state index contributed by atoms with van der Waals surface area (Å²) < 4.78 is 52.5. The number of primary sulfonamides is 1. The minimum Gasteiger partial charge on any atom is -0.350 e. The zero-order chi connectivity index (χ0) is 45.5. The Morgan fingerprint density at radius 2 is 1.20 bits per heavy atom. The molecule has 2 fully saturated rings. The van der Waals surface area contributed by atoms with Crippen molar-refractivity contribution < 1.29 is 36.4 Å². The summed E-state index contributed by atoms with van der Waals surface area (Å²) in [5.74, 6) is -1.88. The van der Waals surface area contributed by atoms with Gasteiger partial charge in [0.2, 0.25) is 10.0 Å². The van der Waals surface area contributed by atoms with E-state index in [4.69, 9.17) is 5.14 Å². The number of aryl methyl sites for hydroxylation is 2. The van der Waals surface area contributed by atoms with Crippen LogP contribution in [0.25, 0.3) is 11.6 Å². The number of hydrogen-bond donors (Lipinski definition) is 6. The number of hydrogen-bond acceptors (Lipinski definition) is 13. The van der Waals surface area contributed by atoms with Crippen molar-refractivity contribution in [3.05, 3.63) is 118 Å². The summed E-state index contributed by atoms with van der Waals surface area (Å²) in [6, 6.07) is 11.9. The van der Waals surface area contributed by atoms with Crippen LogP contribution in [-0.4, -0.2) is 103 Å². The molecule has 2 unspecified atom stereocenters. The van der Waals surface area contributed by atoms with Gasteiger partial charge in [-0.1, -0.05) is 24.3 Å². The lowest BCUT2D eigenvalue weighted by atomic mass is 10.1. The lowest BCUT2D eigenvalue weighted by Crippen LogP contribution is -2.32. The summed E-state index contributed by atoms with van der Waals surface area (Å²) in [5.41, 5.74) is 2.71. The molecule has 8 rings (SSSR count). The van der Waals surface area contributed by atoms with Crippen LogP contribution in [0.3, 0.4) is 0 Å². The monoisotopic (exact) mass is 936 g/mol. The van der Waals surface area contributed by atoms with Crippen LogP contribution in [0, 0.1) is 37.3 Å². The summed E-state index contributed by atoms with van der Waals surface area (Å²) >= 11 is 0. The van der Waals surface area contributed by atoms with E-state index in [1.54, 1.807) is 38.1 Å². The first-order valence-electron chi connectivity index (χ1n) is 20.4. The second-order valence-corrected chi connectivity index (χ2v) is 17.5. The zero-order valence-corrected chi connectivity index (χ0v) is 36.9. The van der Waals surface area contributed by atoms with Gasteiger partial charge >= 0.3 is 0 Å². The van der Waals surface area contributed by atoms with Gasteiger partial charge in [0.1, 0.15) is 47.1 Å². The highest BCUT2D eigenvalue weighted by molar-refractivity contribution is 7.89. The molecule has 1 aliphatic carbocycles. The fourth-order valence-corrected chi connectivity index (χ4v) is 8.42. The van der Waals surface area contributed by atoms with Crippen molar-refractivity contribution in [1.29, 1.82) is 0 Å². The Morgan fingerprint density at radius 1 is 0.708 bits per heavy atom. The second kappa shape index (κ2) is 21.0. The third-order valence-electron chi connectivity index (χ3n) is 11.0. The maximum absolute atomic E-state index is 13.5. The highest BCUT2D eigenvalue weighted by Gasteiger charge is 2.32. The van der Waals surface area contributed by atoms with E-state index in [0.717, 1.165) is 25.1 Å². The Bertz CT molecular complexity index is 2840.